The van der Waals surface area contributed by atoms with E-state index in [1.54, 1.807) is 9.80 Å². The minimum atomic E-state index is -0.468. The summed E-state index contributed by atoms with van der Waals surface area (Å²) in [5.74, 6) is -0.907. The molecule has 1 aromatic rings. The Bertz CT molecular complexity index is 998. The Labute approximate surface area is 216 Å². The number of carbonyl (C=O) groups excluding carboxylic acids is 2. The SMILES string of the molecule is CC(C(=O)N(C)C1=C(C(=N)c2ccccc2)CN(C)CC1)C(C)C(C(=O)N1CCC(O)C1)C(C)(C)C. The molecule has 0 radical (unpaired) electrons. The van der Waals surface area contributed by atoms with Gasteiger partial charge in [-0.25, -0.2) is 0 Å². The highest BCUT2D eigenvalue weighted by molar-refractivity contribution is 6.11. The molecule has 2 aliphatic heterocycles. The van der Waals surface area contributed by atoms with Gasteiger partial charge in [-0.3, -0.25) is 15.0 Å². The summed E-state index contributed by atoms with van der Waals surface area (Å²) in [6.07, 6.45) is 0.828. The molecule has 0 aromatic heterocycles. The number of nitrogens with zero attached hydrogens (tertiary/aromatic N) is 3. The van der Waals surface area contributed by atoms with E-state index in [9.17, 15) is 14.7 Å². The van der Waals surface area contributed by atoms with Gasteiger partial charge in [0.2, 0.25) is 11.8 Å². The van der Waals surface area contributed by atoms with Crippen molar-refractivity contribution in [3.8, 4) is 0 Å². The maximum Gasteiger partial charge on any atom is 0.229 e. The lowest BCUT2D eigenvalue weighted by Crippen LogP contribution is -2.48. The molecule has 4 unspecified atom stereocenters. The molecule has 0 saturated carbocycles. The van der Waals surface area contributed by atoms with Crippen LogP contribution in [0, 0.1) is 28.6 Å². The average Bonchev–Trinajstić information content (AvgIpc) is 3.28. The van der Waals surface area contributed by atoms with Crippen LogP contribution in [0.5, 0.6) is 0 Å². The van der Waals surface area contributed by atoms with E-state index in [-0.39, 0.29) is 35.0 Å². The zero-order valence-electron chi connectivity index (χ0n) is 23.0. The van der Waals surface area contributed by atoms with Gasteiger partial charge in [-0.05, 0) is 30.4 Å². The molecule has 0 aliphatic carbocycles. The van der Waals surface area contributed by atoms with Crippen molar-refractivity contribution in [2.45, 2.75) is 53.6 Å². The summed E-state index contributed by atoms with van der Waals surface area (Å²) in [4.78, 5) is 33.1. The molecule has 4 atom stereocenters. The molecule has 2 aliphatic rings. The number of aliphatic hydroxyl groups is 1. The van der Waals surface area contributed by atoms with Crippen molar-refractivity contribution in [3.63, 3.8) is 0 Å². The van der Waals surface area contributed by atoms with Gasteiger partial charge in [0.1, 0.15) is 0 Å². The lowest BCUT2D eigenvalue weighted by atomic mass is 9.68. The zero-order valence-corrected chi connectivity index (χ0v) is 23.0. The Morgan fingerprint density at radius 1 is 1.14 bits per heavy atom. The molecular formula is C29H44N4O3. The first-order valence-electron chi connectivity index (χ1n) is 13.1. The van der Waals surface area contributed by atoms with E-state index in [0.717, 1.165) is 23.4 Å². The number of benzene rings is 1. The first-order valence-corrected chi connectivity index (χ1v) is 13.1. The molecule has 1 aromatic carbocycles. The van der Waals surface area contributed by atoms with Crippen LogP contribution in [0.4, 0.5) is 0 Å². The van der Waals surface area contributed by atoms with Gasteiger partial charge in [-0.1, -0.05) is 65.0 Å². The molecule has 0 bridgehead atoms. The predicted molar refractivity (Wildman–Crippen MR) is 144 cm³/mol. The largest absolute Gasteiger partial charge is 0.391 e. The van der Waals surface area contributed by atoms with Crippen molar-refractivity contribution in [2.75, 3.05) is 40.3 Å². The minimum absolute atomic E-state index is 0.0241. The smallest absolute Gasteiger partial charge is 0.229 e. The Balaban J connectivity index is 1.87. The fourth-order valence-corrected chi connectivity index (χ4v) is 5.74. The summed E-state index contributed by atoms with van der Waals surface area (Å²) in [5, 5.41) is 18.9. The maximum atomic E-state index is 13.8. The lowest BCUT2D eigenvalue weighted by molar-refractivity contribution is -0.144. The molecule has 36 heavy (non-hydrogen) atoms. The van der Waals surface area contributed by atoms with Crippen molar-refractivity contribution in [1.29, 1.82) is 5.41 Å². The van der Waals surface area contributed by atoms with E-state index in [4.69, 9.17) is 5.41 Å². The predicted octanol–water partition coefficient (Wildman–Crippen LogP) is 3.63. The molecule has 1 fully saturated rings. The topological polar surface area (TPSA) is 87.9 Å². The van der Waals surface area contributed by atoms with Crippen LogP contribution in [0.2, 0.25) is 0 Å². The fourth-order valence-electron chi connectivity index (χ4n) is 5.74. The van der Waals surface area contributed by atoms with Crippen LogP contribution in [-0.4, -0.2) is 83.7 Å². The number of rotatable bonds is 7. The molecule has 2 N–H and O–H groups in total. The van der Waals surface area contributed by atoms with Gasteiger partial charge in [-0.2, -0.15) is 0 Å². The molecule has 2 heterocycles. The first-order chi connectivity index (χ1) is 16.8. The lowest BCUT2D eigenvalue weighted by Gasteiger charge is -2.40. The van der Waals surface area contributed by atoms with E-state index in [0.29, 0.717) is 38.2 Å². The third kappa shape index (κ3) is 6.06. The molecule has 3 rings (SSSR count). The normalized spacial score (nSPS) is 21.8. The Morgan fingerprint density at radius 2 is 1.78 bits per heavy atom. The second kappa shape index (κ2) is 11.3. The van der Waals surface area contributed by atoms with Crippen LogP contribution < -0.4 is 0 Å². The highest BCUT2D eigenvalue weighted by Crippen LogP contribution is 2.39. The zero-order chi connectivity index (χ0) is 26.8. The van der Waals surface area contributed by atoms with Crippen molar-refractivity contribution >= 4 is 17.5 Å². The second-order valence-corrected chi connectivity index (χ2v) is 11.8. The highest BCUT2D eigenvalue weighted by Gasteiger charge is 2.44. The van der Waals surface area contributed by atoms with Gasteiger partial charge >= 0.3 is 0 Å². The number of aliphatic hydroxyl groups excluding tert-OH is 1. The van der Waals surface area contributed by atoms with Gasteiger partial charge in [0.15, 0.2) is 0 Å². The Kier molecular flexibility index (Phi) is 8.78. The van der Waals surface area contributed by atoms with Crippen molar-refractivity contribution in [1.82, 2.24) is 14.7 Å². The monoisotopic (exact) mass is 496 g/mol. The Morgan fingerprint density at radius 3 is 2.33 bits per heavy atom. The summed E-state index contributed by atoms with van der Waals surface area (Å²) in [6, 6.07) is 9.66. The van der Waals surface area contributed by atoms with Gasteiger partial charge in [0.25, 0.3) is 0 Å². The number of likely N-dealkylation sites (tertiary alicyclic amines) is 1. The van der Waals surface area contributed by atoms with E-state index in [1.807, 2.05) is 58.3 Å². The van der Waals surface area contributed by atoms with Crippen LogP contribution >= 0.6 is 0 Å². The van der Waals surface area contributed by atoms with Crippen LogP contribution in [0.3, 0.4) is 0 Å². The molecule has 198 valence electrons. The minimum Gasteiger partial charge on any atom is -0.391 e. The molecule has 2 amide bonds. The van der Waals surface area contributed by atoms with E-state index in [1.165, 1.54) is 0 Å². The maximum absolute atomic E-state index is 13.8. The van der Waals surface area contributed by atoms with Crippen LogP contribution in [0.1, 0.15) is 53.0 Å². The van der Waals surface area contributed by atoms with Crippen LogP contribution in [-0.2, 0) is 9.59 Å². The van der Waals surface area contributed by atoms with Crippen molar-refractivity contribution < 1.29 is 14.7 Å². The number of likely N-dealkylation sites (N-methyl/N-ethyl adjacent to an activating group) is 1. The quantitative estimate of drug-likeness (QED) is 0.565. The number of hydrogen-bond donors (Lipinski definition) is 2. The van der Waals surface area contributed by atoms with Crippen molar-refractivity contribution in [2.24, 2.45) is 23.2 Å². The third-order valence-electron chi connectivity index (χ3n) is 7.98. The molecule has 7 nitrogen and oxygen atoms in total. The molecular weight excluding hydrogens is 452 g/mol. The number of β-amino-alcohol motifs (C(OH)–C–C–N with tert-alkyl or cyclic N) is 1. The summed E-state index contributed by atoms with van der Waals surface area (Å²) in [7, 11) is 3.85. The van der Waals surface area contributed by atoms with Gasteiger partial charge in [0.05, 0.1) is 11.8 Å². The molecule has 7 heteroatoms. The van der Waals surface area contributed by atoms with Crippen molar-refractivity contribution in [3.05, 3.63) is 47.2 Å². The Hall–Kier alpha value is -2.51. The van der Waals surface area contributed by atoms with E-state index in [2.05, 4.69) is 25.7 Å². The van der Waals surface area contributed by atoms with Crippen LogP contribution in [0.15, 0.2) is 41.6 Å². The summed E-state index contributed by atoms with van der Waals surface area (Å²) in [5.41, 5.74) is 2.74. The third-order valence-corrected chi connectivity index (χ3v) is 7.98. The molecule has 1 saturated heterocycles. The van der Waals surface area contributed by atoms with Gasteiger partial charge in [0, 0.05) is 62.8 Å². The summed E-state index contributed by atoms with van der Waals surface area (Å²) >= 11 is 0. The second-order valence-electron chi connectivity index (χ2n) is 11.8. The van der Waals surface area contributed by atoms with Gasteiger partial charge in [-0.15, -0.1) is 0 Å². The fraction of sp³-hybridized carbons (Fsp3) is 0.621. The van der Waals surface area contributed by atoms with Crippen LogP contribution in [0.25, 0.3) is 0 Å². The number of nitrogens with one attached hydrogen (secondary N) is 1. The number of hydrogen-bond acceptors (Lipinski definition) is 5. The number of amides is 2. The highest BCUT2D eigenvalue weighted by atomic mass is 16.3. The molecule has 0 spiro atoms. The van der Waals surface area contributed by atoms with Gasteiger partial charge < -0.3 is 19.8 Å². The number of carbonyl (C=O) groups is 2. The van der Waals surface area contributed by atoms with E-state index < -0.39 is 6.10 Å². The summed E-state index contributed by atoms with van der Waals surface area (Å²) in [6.45, 7) is 12.5. The first kappa shape index (κ1) is 28.1. The van der Waals surface area contributed by atoms with E-state index >= 15 is 0 Å². The summed E-state index contributed by atoms with van der Waals surface area (Å²) < 4.78 is 0. The average molecular weight is 497 g/mol. The standard InChI is InChI=1S/C29H44N4O3/c1-19(25(29(3,4)5)28(36)33-16-13-22(34)17-33)20(2)27(35)32(7)24-14-15-31(6)18-23(24)26(30)21-11-9-8-10-12-21/h8-12,19-20,22,25,30,34H,13-18H2,1-7H3.